The van der Waals surface area contributed by atoms with Crippen molar-refractivity contribution in [1.29, 1.82) is 0 Å². The molecule has 0 aliphatic carbocycles. The summed E-state index contributed by atoms with van der Waals surface area (Å²) in [5, 5.41) is 0. The molecule has 0 bridgehead atoms. The number of benzene rings is 1. The van der Waals surface area contributed by atoms with Crippen LogP contribution in [0.2, 0.25) is 0 Å². The minimum atomic E-state index is -3.64. The molecule has 0 radical (unpaired) electrons. The molecule has 1 aliphatic rings. The molecule has 8 heteroatoms. The molecule has 2 rings (SSSR count). The zero-order valence-electron chi connectivity index (χ0n) is 11.8. The van der Waals surface area contributed by atoms with Gasteiger partial charge in [0.2, 0.25) is 10.0 Å². The van der Waals surface area contributed by atoms with Gasteiger partial charge in [0.1, 0.15) is 0 Å². The molecule has 6 nitrogen and oxygen atoms in total. The lowest BCUT2D eigenvalue weighted by atomic mass is 10.1. The first-order valence-electron chi connectivity index (χ1n) is 6.75. The molecule has 2 atom stereocenters. The van der Waals surface area contributed by atoms with Crippen molar-refractivity contribution in [3.8, 4) is 0 Å². The summed E-state index contributed by atoms with van der Waals surface area (Å²) in [4.78, 5) is 0.151. The Labute approximate surface area is 125 Å². The highest BCUT2D eigenvalue weighted by atomic mass is 32.2. The Kier molecular flexibility index (Phi) is 4.72. The first-order valence-corrected chi connectivity index (χ1v) is 10.1. The van der Waals surface area contributed by atoms with Gasteiger partial charge in [-0.1, -0.05) is 12.1 Å². The van der Waals surface area contributed by atoms with Gasteiger partial charge in [-0.15, -0.1) is 0 Å². The monoisotopic (exact) mass is 332 g/mol. The van der Waals surface area contributed by atoms with E-state index < -0.39 is 19.9 Å². The van der Waals surface area contributed by atoms with Crippen molar-refractivity contribution in [2.24, 2.45) is 11.7 Å². The Hall–Kier alpha value is -0.960. The summed E-state index contributed by atoms with van der Waals surface area (Å²) in [6.07, 6.45) is 0.505. The van der Waals surface area contributed by atoms with Gasteiger partial charge in [0.05, 0.1) is 16.4 Å². The molecule has 1 saturated heterocycles. The third-order valence-corrected chi connectivity index (χ3v) is 6.84. The molecule has 0 aromatic heterocycles. The Balaban J connectivity index is 2.07. The molecule has 118 valence electrons. The normalized spacial score (nSPS) is 23.0. The van der Waals surface area contributed by atoms with E-state index in [1.54, 1.807) is 25.1 Å². The van der Waals surface area contributed by atoms with Crippen LogP contribution in [0.4, 0.5) is 0 Å². The average molecular weight is 332 g/mol. The highest BCUT2D eigenvalue weighted by Gasteiger charge is 2.29. The zero-order chi connectivity index (χ0) is 15.7. The summed E-state index contributed by atoms with van der Waals surface area (Å²) in [5.41, 5.74) is 6.48. The third-order valence-electron chi connectivity index (χ3n) is 3.58. The number of hydrogen-bond acceptors (Lipinski definition) is 5. The van der Waals surface area contributed by atoms with Crippen molar-refractivity contribution in [3.63, 3.8) is 0 Å². The number of rotatable bonds is 5. The number of sulfone groups is 1. The predicted octanol–water partition coefficient (Wildman–Crippen LogP) is 0.419. The molecule has 1 aliphatic heterocycles. The Bertz CT molecular complexity index is 711. The smallest absolute Gasteiger partial charge is 0.240 e. The van der Waals surface area contributed by atoms with Gasteiger partial charge in [-0.3, -0.25) is 0 Å². The molecule has 0 amide bonds. The minimum Gasteiger partial charge on any atom is -0.324 e. The van der Waals surface area contributed by atoms with Crippen molar-refractivity contribution >= 4 is 19.9 Å². The van der Waals surface area contributed by atoms with E-state index in [9.17, 15) is 16.8 Å². The van der Waals surface area contributed by atoms with Gasteiger partial charge in [0.15, 0.2) is 9.84 Å². The standard InChI is InChI=1S/C13H20N2O4S2/c1-10(14)12-3-2-4-13(7-12)21(18,19)15-8-11-5-6-20(16,17)9-11/h2-4,7,10-11,15H,5-6,8-9,14H2,1H3. The molecule has 2 unspecified atom stereocenters. The maximum Gasteiger partial charge on any atom is 0.240 e. The second-order valence-electron chi connectivity index (χ2n) is 5.48. The van der Waals surface area contributed by atoms with Crippen molar-refractivity contribution in [2.75, 3.05) is 18.1 Å². The molecule has 0 spiro atoms. The fourth-order valence-electron chi connectivity index (χ4n) is 2.31. The van der Waals surface area contributed by atoms with Gasteiger partial charge in [-0.25, -0.2) is 21.6 Å². The van der Waals surface area contributed by atoms with Crippen LogP contribution in [-0.2, 0) is 19.9 Å². The van der Waals surface area contributed by atoms with Crippen molar-refractivity contribution in [3.05, 3.63) is 29.8 Å². The van der Waals surface area contributed by atoms with Crippen LogP contribution in [0.3, 0.4) is 0 Å². The van der Waals surface area contributed by atoms with Crippen LogP contribution < -0.4 is 10.5 Å². The van der Waals surface area contributed by atoms with E-state index in [-0.39, 0.29) is 34.9 Å². The van der Waals surface area contributed by atoms with Crippen LogP contribution in [0.1, 0.15) is 24.9 Å². The van der Waals surface area contributed by atoms with E-state index in [4.69, 9.17) is 5.73 Å². The van der Waals surface area contributed by atoms with Crippen molar-refractivity contribution in [1.82, 2.24) is 4.72 Å². The molecule has 1 aromatic carbocycles. The zero-order valence-corrected chi connectivity index (χ0v) is 13.5. The molecule has 1 aromatic rings. The summed E-state index contributed by atoms with van der Waals surface area (Å²) >= 11 is 0. The Morgan fingerprint density at radius 1 is 1.43 bits per heavy atom. The van der Waals surface area contributed by atoms with Crippen LogP contribution in [0.15, 0.2) is 29.2 Å². The molecular formula is C13H20N2O4S2. The first kappa shape index (κ1) is 16.4. The molecule has 1 fully saturated rings. The number of hydrogen-bond donors (Lipinski definition) is 2. The van der Waals surface area contributed by atoms with E-state index in [0.717, 1.165) is 5.56 Å². The third kappa shape index (κ3) is 4.26. The van der Waals surface area contributed by atoms with E-state index in [1.807, 2.05) is 0 Å². The summed E-state index contributed by atoms with van der Waals surface area (Å²) in [6.45, 7) is 1.92. The quantitative estimate of drug-likeness (QED) is 0.813. The molecular weight excluding hydrogens is 312 g/mol. The SMILES string of the molecule is CC(N)c1cccc(S(=O)(=O)NCC2CCS(=O)(=O)C2)c1. The lowest BCUT2D eigenvalue weighted by Crippen LogP contribution is -2.30. The van der Waals surface area contributed by atoms with Gasteiger partial charge >= 0.3 is 0 Å². The van der Waals surface area contributed by atoms with Crippen LogP contribution in [-0.4, -0.2) is 34.9 Å². The fraction of sp³-hybridized carbons (Fsp3) is 0.538. The number of nitrogens with one attached hydrogen (secondary N) is 1. The van der Waals surface area contributed by atoms with Crippen LogP contribution in [0, 0.1) is 5.92 Å². The van der Waals surface area contributed by atoms with Gasteiger partial charge < -0.3 is 5.73 Å². The molecule has 1 heterocycles. The molecule has 21 heavy (non-hydrogen) atoms. The number of nitrogens with two attached hydrogens (primary N) is 1. The second kappa shape index (κ2) is 6.04. The first-order chi connectivity index (χ1) is 9.70. The highest BCUT2D eigenvalue weighted by molar-refractivity contribution is 7.91. The summed E-state index contributed by atoms with van der Waals surface area (Å²) in [5.74, 6) is 0.0380. The van der Waals surface area contributed by atoms with E-state index in [2.05, 4.69) is 4.72 Å². The summed E-state index contributed by atoms with van der Waals surface area (Å²) in [6, 6.07) is 6.21. The second-order valence-corrected chi connectivity index (χ2v) is 9.48. The highest BCUT2D eigenvalue weighted by Crippen LogP contribution is 2.19. The Morgan fingerprint density at radius 3 is 2.71 bits per heavy atom. The van der Waals surface area contributed by atoms with Crippen LogP contribution in [0.25, 0.3) is 0 Å². The Morgan fingerprint density at radius 2 is 2.14 bits per heavy atom. The predicted molar refractivity (Wildman–Crippen MR) is 81.0 cm³/mol. The van der Waals surface area contributed by atoms with Crippen molar-refractivity contribution in [2.45, 2.75) is 24.3 Å². The lowest BCUT2D eigenvalue weighted by molar-refractivity contribution is 0.543. The van der Waals surface area contributed by atoms with Crippen LogP contribution in [0.5, 0.6) is 0 Å². The van der Waals surface area contributed by atoms with Gasteiger partial charge in [-0.05, 0) is 37.0 Å². The van der Waals surface area contributed by atoms with Crippen LogP contribution >= 0.6 is 0 Å². The topological polar surface area (TPSA) is 106 Å². The fourth-order valence-corrected chi connectivity index (χ4v) is 5.34. The minimum absolute atomic E-state index is 0.0510. The number of sulfonamides is 1. The summed E-state index contributed by atoms with van der Waals surface area (Å²) in [7, 11) is -6.64. The molecule has 3 N–H and O–H groups in total. The van der Waals surface area contributed by atoms with Gasteiger partial charge in [0, 0.05) is 12.6 Å². The maximum atomic E-state index is 12.2. The van der Waals surface area contributed by atoms with E-state index in [0.29, 0.717) is 6.42 Å². The van der Waals surface area contributed by atoms with Crippen molar-refractivity contribution < 1.29 is 16.8 Å². The summed E-state index contributed by atoms with van der Waals surface area (Å²) < 4.78 is 49.7. The lowest BCUT2D eigenvalue weighted by Gasteiger charge is -2.12. The average Bonchev–Trinajstić information content (AvgIpc) is 2.76. The maximum absolute atomic E-state index is 12.2. The van der Waals surface area contributed by atoms with Gasteiger partial charge in [0.25, 0.3) is 0 Å². The van der Waals surface area contributed by atoms with Gasteiger partial charge in [-0.2, -0.15) is 0 Å². The largest absolute Gasteiger partial charge is 0.324 e. The van der Waals surface area contributed by atoms with E-state index >= 15 is 0 Å². The molecule has 0 saturated carbocycles. The van der Waals surface area contributed by atoms with E-state index in [1.165, 1.54) is 6.07 Å².